The Balaban J connectivity index is 1.98. The number of hydrogen-bond acceptors (Lipinski definition) is 6. The molecule has 0 saturated carbocycles. The molecule has 3 N–H and O–H groups in total. The van der Waals surface area contributed by atoms with Crippen LogP contribution in [0.2, 0.25) is 0 Å². The number of anilines is 1. The van der Waals surface area contributed by atoms with E-state index in [9.17, 15) is 0 Å². The molecule has 0 atom stereocenters. The molecular formula is C14H20N6O. The van der Waals surface area contributed by atoms with Crippen LogP contribution in [-0.4, -0.2) is 26.1 Å². The van der Waals surface area contributed by atoms with Crippen molar-refractivity contribution in [2.24, 2.45) is 5.84 Å². The summed E-state index contributed by atoms with van der Waals surface area (Å²) in [6, 6.07) is 1.83. The number of nitrogens with zero attached hydrogens (tertiary/aromatic N) is 4. The number of nitrogen functional groups attached to an aromatic ring is 1. The van der Waals surface area contributed by atoms with E-state index in [1.807, 2.05) is 23.9 Å². The normalized spacial score (nSPS) is 14.0. The molecule has 1 aliphatic carbocycles. The van der Waals surface area contributed by atoms with Gasteiger partial charge >= 0.3 is 0 Å². The molecule has 2 aromatic heterocycles. The van der Waals surface area contributed by atoms with E-state index in [2.05, 4.69) is 20.4 Å². The van der Waals surface area contributed by atoms with E-state index in [4.69, 9.17) is 10.6 Å². The molecule has 2 heterocycles. The fraction of sp³-hybridized carbons (Fsp3) is 0.500. The minimum absolute atomic E-state index is 0.371. The first-order valence-electron chi connectivity index (χ1n) is 7.29. The quantitative estimate of drug-likeness (QED) is 0.637. The van der Waals surface area contributed by atoms with Crippen LogP contribution < -0.4 is 11.3 Å². The summed E-state index contributed by atoms with van der Waals surface area (Å²) in [4.78, 5) is 13.4. The van der Waals surface area contributed by atoms with Gasteiger partial charge in [0.1, 0.15) is 24.6 Å². The third kappa shape index (κ3) is 2.88. The first-order valence-corrected chi connectivity index (χ1v) is 7.29. The van der Waals surface area contributed by atoms with Crippen LogP contribution in [0.1, 0.15) is 37.0 Å². The zero-order chi connectivity index (χ0) is 14.7. The van der Waals surface area contributed by atoms with Gasteiger partial charge in [-0.2, -0.15) is 0 Å². The Hall–Kier alpha value is -1.99. The SMILES string of the molecule is CCOCc1nc(NN)cc(-n2cnc3c2CCCC3)n1. The highest BCUT2D eigenvalue weighted by Crippen LogP contribution is 2.23. The molecule has 0 fully saturated rings. The molecule has 0 aliphatic heterocycles. The van der Waals surface area contributed by atoms with Crippen LogP contribution in [0, 0.1) is 0 Å². The average molecular weight is 288 g/mol. The summed E-state index contributed by atoms with van der Waals surface area (Å²) >= 11 is 0. The Kier molecular flexibility index (Phi) is 4.12. The maximum Gasteiger partial charge on any atom is 0.158 e. The van der Waals surface area contributed by atoms with E-state index >= 15 is 0 Å². The van der Waals surface area contributed by atoms with Crippen molar-refractivity contribution in [2.45, 2.75) is 39.2 Å². The molecule has 1 aliphatic rings. The molecule has 0 aromatic carbocycles. The summed E-state index contributed by atoms with van der Waals surface area (Å²) in [5, 5.41) is 0. The Morgan fingerprint density at radius 2 is 2.19 bits per heavy atom. The number of aryl methyl sites for hydroxylation is 1. The lowest BCUT2D eigenvalue weighted by atomic mass is 10.0. The van der Waals surface area contributed by atoms with E-state index in [0.29, 0.717) is 24.9 Å². The van der Waals surface area contributed by atoms with Crippen LogP contribution >= 0.6 is 0 Å². The van der Waals surface area contributed by atoms with Crippen LogP contribution in [0.25, 0.3) is 5.82 Å². The summed E-state index contributed by atoms with van der Waals surface area (Å²) in [5.41, 5.74) is 5.00. The van der Waals surface area contributed by atoms with Crippen LogP contribution in [-0.2, 0) is 24.2 Å². The van der Waals surface area contributed by atoms with Crippen LogP contribution in [0.4, 0.5) is 5.82 Å². The summed E-state index contributed by atoms with van der Waals surface area (Å²) in [5.74, 6) is 7.47. The summed E-state index contributed by atoms with van der Waals surface area (Å²) in [7, 11) is 0. The Labute approximate surface area is 123 Å². The minimum atomic E-state index is 0.371. The standard InChI is InChI=1S/C14H20N6O/c1-2-21-8-13-17-12(19-15)7-14(18-13)20-9-16-10-5-3-4-6-11(10)20/h7,9H,2-6,8,15H2,1H3,(H,17,18,19). The molecule has 0 spiro atoms. The van der Waals surface area contributed by atoms with Gasteiger partial charge in [0.05, 0.1) is 5.69 Å². The number of nitrogens with two attached hydrogens (primary N) is 1. The predicted octanol–water partition coefficient (Wildman–Crippen LogP) is 1.36. The number of nitrogens with one attached hydrogen (secondary N) is 1. The zero-order valence-electron chi connectivity index (χ0n) is 12.2. The maximum absolute atomic E-state index is 5.50. The molecule has 0 unspecified atom stereocenters. The highest BCUT2D eigenvalue weighted by atomic mass is 16.5. The topological polar surface area (TPSA) is 90.9 Å². The van der Waals surface area contributed by atoms with Gasteiger partial charge in [-0.15, -0.1) is 0 Å². The van der Waals surface area contributed by atoms with Gasteiger partial charge in [-0.25, -0.2) is 20.8 Å². The molecule has 0 radical (unpaired) electrons. The Morgan fingerprint density at radius 1 is 1.33 bits per heavy atom. The number of aromatic nitrogens is 4. The number of ether oxygens (including phenoxy) is 1. The highest BCUT2D eigenvalue weighted by Gasteiger charge is 2.17. The molecule has 21 heavy (non-hydrogen) atoms. The van der Waals surface area contributed by atoms with Gasteiger partial charge in [0.25, 0.3) is 0 Å². The molecule has 7 nitrogen and oxygen atoms in total. The van der Waals surface area contributed by atoms with Gasteiger partial charge in [0.2, 0.25) is 0 Å². The van der Waals surface area contributed by atoms with E-state index < -0.39 is 0 Å². The number of hydrogen-bond donors (Lipinski definition) is 2. The average Bonchev–Trinajstić information content (AvgIpc) is 2.96. The van der Waals surface area contributed by atoms with Gasteiger partial charge in [0, 0.05) is 18.4 Å². The molecule has 0 bridgehead atoms. The van der Waals surface area contributed by atoms with Crippen LogP contribution in [0.15, 0.2) is 12.4 Å². The molecule has 0 saturated heterocycles. The largest absolute Gasteiger partial charge is 0.374 e. The van der Waals surface area contributed by atoms with Crippen LogP contribution in [0.5, 0.6) is 0 Å². The Morgan fingerprint density at radius 3 is 3.00 bits per heavy atom. The van der Waals surface area contributed by atoms with Crippen molar-refractivity contribution in [3.05, 3.63) is 29.6 Å². The highest BCUT2D eigenvalue weighted by molar-refractivity contribution is 5.42. The molecule has 0 amide bonds. The fourth-order valence-electron chi connectivity index (χ4n) is 2.60. The molecular weight excluding hydrogens is 268 g/mol. The van der Waals surface area contributed by atoms with Gasteiger partial charge in [-0.05, 0) is 32.6 Å². The van der Waals surface area contributed by atoms with Crippen molar-refractivity contribution in [1.29, 1.82) is 0 Å². The smallest absolute Gasteiger partial charge is 0.158 e. The summed E-state index contributed by atoms with van der Waals surface area (Å²) in [6.07, 6.45) is 6.31. The van der Waals surface area contributed by atoms with Crippen LogP contribution in [0.3, 0.4) is 0 Å². The molecule has 3 rings (SSSR count). The number of rotatable bonds is 5. The monoisotopic (exact) mass is 288 g/mol. The third-order valence-electron chi connectivity index (χ3n) is 3.62. The number of fused-ring (bicyclic) bond motifs is 1. The first-order chi connectivity index (χ1) is 10.3. The third-order valence-corrected chi connectivity index (χ3v) is 3.62. The second-order valence-corrected chi connectivity index (χ2v) is 5.02. The lowest BCUT2D eigenvalue weighted by Gasteiger charge is -2.14. The second-order valence-electron chi connectivity index (χ2n) is 5.02. The fourth-order valence-corrected chi connectivity index (χ4v) is 2.60. The van der Waals surface area contributed by atoms with Crippen molar-refractivity contribution >= 4 is 5.82 Å². The maximum atomic E-state index is 5.50. The zero-order valence-corrected chi connectivity index (χ0v) is 12.2. The Bertz CT molecular complexity index is 624. The lowest BCUT2D eigenvalue weighted by molar-refractivity contribution is 0.128. The van der Waals surface area contributed by atoms with E-state index in [-0.39, 0.29) is 0 Å². The van der Waals surface area contributed by atoms with Gasteiger partial charge in [-0.1, -0.05) is 0 Å². The van der Waals surface area contributed by atoms with Gasteiger partial charge in [-0.3, -0.25) is 4.57 Å². The van der Waals surface area contributed by atoms with Crippen molar-refractivity contribution in [2.75, 3.05) is 12.0 Å². The summed E-state index contributed by atoms with van der Waals surface area (Å²) in [6.45, 7) is 2.94. The van der Waals surface area contributed by atoms with Gasteiger partial charge in [0.15, 0.2) is 5.82 Å². The van der Waals surface area contributed by atoms with Crippen molar-refractivity contribution < 1.29 is 4.74 Å². The first kappa shape index (κ1) is 14.0. The van der Waals surface area contributed by atoms with E-state index in [1.165, 1.54) is 24.2 Å². The second kappa shape index (κ2) is 6.19. The van der Waals surface area contributed by atoms with Crippen molar-refractivity contribution in [1.82, 2.24) is 19.5 Å². The molecule has 2 aromatic rings. The number of hydrazine groups is 1. The number of imidazole rings is 1. The van der Waals surface area contributed by atoms with E-state index in [1.54, 1.807) is 0 Å². The summed E-state index contributed by atoms with van der Waals surface area (Å²) < 4.78 is 7.42. The predicted molar refractivity (Wildman–Crippen MR) is 78.9 cm³/mol. The van der Waals surface area contributed by atoms with Crippen molar-refractivity contribution in [3.63, 3.8) is 0 Å². The van der Waals surface area contributed by atoms with Crippen molar-refractivity contribution in [3.8, 4) is 5.82 Å². The van der Waals surface area contributed by atoms with Gasteiger partial charge < -0.3 is 10.2 Å². The molecule has 7 heteroatoms. The van der Waals surface area contributed by atoms with E-state index in [0.717, 1.165) is 18.7 Å². The lowest BCUT2D eigenvalue weighted by Crippen LogP contribution is -2.14. The molecule has 112 valence electrons. The minimum Gasteiger partial charge on any atom is -0.374 e.